The van der Waals surface area contributed by atoms with Crippen molar-refractivity contribution in [2.24, 2.45) is 0 Å². The Hall–Kier alpha value is -3.19. The molecule has 186 valence electrons. The molecule has 13 heteroatoms. The number of halogens is 6. The molecule has 0 bridgehead atoms. The summed E-state index contributed by atoms with van der Waals surface area (Å²) in [6, 6.07) is 8.46. The monoisotopic (exact) mass is 517 g/mol. The van der Waals surface area contributed by atoms with Crippen LogP contribution in [0.25, 0.3) is 11.3 Å². The normalized spacial score (nSPS) is 15.3. The number of anilines is 1. The predicted molar refractivity (Wildman–Crippen MR) is 112 cm³/mol. The van der Waals surface area contributed by atoms with Crippen LogP contribution in [0.1, 0.15) is 29.9 Å². The number of nitrogens with two attached hydrogens (primary N) is 1. The van der Waals surface area contributed by atoms with E-state index in [4.69, 9.17) is 5.73 Å². The molecular formula is C22H17F6N3O3S. The second kappa shape index (κ2) is 8.19. The molecule has 1 aromatic carbocycles. The number of aliphatic hydroxyl groups is 1. The lowest BCUT2D eigenvalue weighted by molar-refractivity contribution is -0.376. The SMILES string of the molecule is Nc1ccc(S(=O)(=O)c2ccc(-c3ncc(C(O)(C(F)(F)F)C(F)(F)F)cc3C3CC3)cc2)cn1. The smallest absolute Gasteiger partial charge is 0.384 e. The highest BCUT2D eigenvalue weighted by Gasteiger charge is 2.71. The van der Waals surface area contributed by atoms with Crippen LogP contribution in [0, 0.1) is 0 Å². The minimum atomic E-state index is -6.03. The summed E-state index contributed by atoms with van der Waals surface area (Å²) in [5.74, 6) is -0.211. The first kappa shape index (κ1) is 24.9. The Morgan fingerprint density at radius 1 is 0.857 bits per heavy atom. The Morgan fingerprint density at radius 2 is 1.43 bits per heavy atom. The molecule has 6 nitrogen and oxygen atoms in total. The van der Waals surface area contributed by atoms with Gasteiger partial charge in [0.05, 0.1) is 15.5 Å². The number of hydrogen-bond donors (Lipinski definition) is 2. The summed E-state index contributed by atoms with van der Waals surface area (Å²) in [7, 11) is -3.95. The maximum absolute atomic E-state index is 13.3. The largest absolute Gasteiger partial charge is 0.430 e. The van der Waals surface area contributed by atoms with E-state index in [0.717, 1.165) is 6.20 Å². The molecule has 0 unspecified atom stereocenters. The number of alkyl halides is 6. The lowest BCUT2D eigenvalue weighted by Gasteiger charge is -2.32. The number of benzene rings is 1. The molecule has 0 aliphatic heterocycles. The van der Waals surface area contributed by atoms with Gasteiger partial charge in [0.25, 0.3) is 5.60 Å². The molecule has 4 rings (SSSR count). The van der Waals surface area contributed by atoms with Crippen LogP contribution >= 0.6 is 0 Å². The van der Waals surface area contributed by atoms with Gasteiger partial charge in [-0.3, -0.25) is 4.98 Å². The highest BCUT2D eigenvalue weighted by atomic mass is 32.2. The van der Waals surface area contributed by atoms with Gasteiger partial charge in [0, 0.05) is 23.5 Å². The maximum atomic E-state index is 13.3. The average Bonchev–Trinajstić information content (AvgIpc) is 3.62. The average molecular weight is 517 g/mol. The van der Waals surface area contributed by atoms with Gasteiger partial charge < -0.3 is 10.8 Å². The van der Waals surface area contributed by atoms with Gasteiger partial charge in [-0.25, -0.2) is 13.4 Å². The quantitative estimate of drug-likeness (QED) is 0.474. The van der Waals surface area contributed by atoms with E-state index in [9.17, 15) is 39.9 Å². The number of pyridine rings is 2. The van der Waals surface area contributed by atoms with Crippen LogP contribution in [-0.2, 0) is 15.4 Å². The van der Waals surface area contributed by atoms with E-state index < -0.39 is 33.4 Å². The van der Waals surface area contributed by atoms with Crippen molar-refractivity contribution in [3.05, 3.63) is 66.0 Å². The van der Waals surface area contributed by atoms with Crippen LogP contribution in [0.2, 0.25) is 0 Å². The van der Waals surface area contributed by atoms with Gasteiger partial charge in [-0.1, -0.05) is 12.1 Å². The first-order chi connectivity index (χ1) is 16.2. The lowest BCUT2D eigenvalue weighted by Crippen LogP contribution is -2.54. The molecule has 35 heavy (non-hydrogen) atoms. The number of nitrogen functional groups attached to an aromatic ring is 1. The summed E-state index contributed by atoms with van der Waals surface area (Å²) in [5.41, 5.74) is -0.557. The van der Waals surface area contributed by atoms with Crippen molar-refractivity contribution >= 4 is 15.7 Å². The number of rotatable bonds is 5. The van der Waals surface area contributed by atoms with Crippen molar-refractivity contribution in [1.82, 2.24) is 9.97 Å². The molecule has 0 radical (unpaired) electrons. The second-order valence-electron chi connectivity index (χ2n) is 8.09. The van der Waals surface area contributed by atoms with Crippen molar-refractivity contribution in [3.8, 4) is 11.3 Å². The van der Waals surface area contributed by atoms with Crippen LogP contribution in [0.3, 0.4) is 0 Å². The van der Waals surface area contributed by atoms with Crippen LogP contribution in [0.15, 0.2) is 64.6 Å². The zero-order chi connectivity index (χ0) is 25.8. The Labute approximate surface area is 195 Å². The third-order valence-corrected chi connectivity index (χ3v) is 7.44. The molecule has 1 aliphatic carbocycles. The fourth-order valence-corrected chi connectivity index (χ4v) is 4.80. The second-order valence-corrected chi connectivity index (χ2v) is 10.0. The first-order valence-corrected chi connectivity index (χ1v) is 11.6. The van der Waals surface area contributed by atoms with Gasteiger partial charge >= 0.3 is 12.4 Å². The minimum absolute atomic E-state index is 0.0982. The molecule has 1 fully saturated rings. The number of hydrogen-bond acceptors (Lipinski definition) is 6. The Bertz CT molecular complexity index is 1340. The van der Waals surface area contributed by atoms with E-state index in [1.807, 2.05) is 0 Å². The zero-order valence-corrected chi connectivity index (χ0v) is 18.4. The Morgan fingerprint density at radius 3 is 1.91 bits per heavy atom. The molecule has 2 aromatic heterocycles. The summed E-state index contributed by atoms with van der Waals surface area (Å²) in [5, 5.41) is 9.73. The summed E-state index contributed by atoms with van der Waals surface area (Å²) in [6.45, 7) is 0. The molecular weight excluding hydrogens is 500 g/mol. The van der Waals surface area contributed by atoms with E-state index in [-0.39, 0.29) is 38.3 Å². The lowest BCUT2D eigenvalue weighted by atomic mass is 9.90. The van der Waals surface area contributed by atoms with E-state index in [0.29, 0.717) is 25.1 Å². The third-order valence-electron chi connectivity index (χ3n) is 5.68. The fraction of sp³-hybridized carbons (Fsp3) is 0.273. The van der Waals surface area contributed by atoms with Crippen molar-refractivity contribution in [2.75, 3.05) is 5.73 Å². The molecule has 0 amide bonds. The van der Waals surface area contributed by atoms with E-state index in [1.165, 1.54) is 36.4 Å². The summed E-state index contributed by atoms with van der Waals surface area (Å²) in [4.78, 5) is 7.35. The summed E-state index contributed by atoms with van der Waals surface area (Å²) < 4.78 is 105. The van der Waals surface area contributed by atoms with E-state index >= 15 is 0 Å². The van der Waals surface area contributed by atoms with E-state index in [1.54, 1.807) is 0 Å². The predicted octanol–water partition coefficient (Wildman–Crippen LogP) is 4.75. The zero-order valence-electron chi connectivity index (χ0n) is 17.6. The molecule has 2 heterocycles. The molecule has 3 aromatic rings. The summed E-state index contributed by atoms with van der Waals surface area (Å²) >= 11 is 0. The highest BCUT2D eigenvalue weighted by Crippen LogP contribution is 2.52. The van der Waals surface area contributed by atoms with Gasteiger partial charge in [0.1, 0.15) is 5.82 Å². The van der Waals surface area contributed by atoms with Gasteiger partial charge in [-0.2, -0.15) is 26.3 Å². The van der Waals surface area contributed by atoms with Gasteiger partial charge in [0.15, 0.2) is 0 Å². The van der Waals surface area contributed by atoms with Crippen LogP contribution < -0.4 is 5.73 Å². The minimum Gasteiger partial charge on any atom is -0.384 e. The Kier molecular flexibility index (Phi) is 5.83. The maximum Gasteiger partial charge on any atom is 0.430 e. The van der Waals surface area contributed by atoms with Crippen LogP contribution in [-0.4, -0.2) is 35.8 Å². The van der Waals surface area contributed by atoms with Crippen molar-refractivity contribution in [2.45, 2.75) is 46.5 Å². The molecule has 0 saturated heterocycles. The van der Waals surface area contributed by atoms with Gasteiger partial charge in [0.2, 0.25) is 9.84 Å². The van der Waals surface area contributed by atoms with Crippen LogP contribution in [0.4, 0.5) is 32.2 Å². The number of nitrogens with zero attached hydrogens (tertiary/aromatic N) is 2. The molecule has 3 N–H and O–H groups in total. The van der Waals surface area contributed by atoms with Crippen molar-refractivity contribution in [1.29, 1.82) is 0 Å². The van der Waals surface area contributed by atoms with E-state index in [2.05, 4.69) is 9.97 Å². The van der Waals surface area contributed by atoms with Gasteiger partial charge in [-0.05, 0) is 54.7 Å². The Balaban J connectivity index is 1.75. The number of sulfone groups is 1. The third kappa shape index (κ3) is 4.33. The first-order valence-electron chi connectivity index (χ1n) is 10.1. The highest BCUT2D eigenvalue weighted by molar-refractivity contribution is 7.91. The topological polar surface area (TPSA) is 106 Å². The van der Waals surface area contributed by atoms with Crippen molar-refractivity contribution < 1.29 is 39.9 Å². The standard InChI is InChI=1S/C22H17F6N3O3S/c23-21(24,25)20(32,22(26,27)28)14-9-17(12-1-2-12)19(31-10-14)13-3-5-15(6-4-13)35(33,34)16-7-8-18(29)30-11-16/h3-12,32H,1-2H2,(H2,29,30). The summed E-state index contributed by atoms with van der Waals surface area (Å²) in [6.07, 6.45) is -9.58. The molecule has 0 atom stereocenters. The molecule has 1 saturated carbocycles. The fourth-order valence-electron chi connectivity index (χ4n) is 3.59. The van der Waals surface area contributed by atoms with Crippen LogP contribution in [0.5, 0.6) is 0 Å². The molecule has 0 spiro atoms. The van der Waals surface area contributed by atoms with Crippen molar-refractivity contribution in [3.63, 3.8) is 0 Å². The number of aromatic nitrogens is 2. The van der Waals surface area contributed by atoms with Gasteiger partial charge in [-0.15, -0.1) is 0 Å². The molecule has 1 aliphatic rings.